The lowest BCUT2D eigenvalue weighted by Gasteiger charge is -2.30. The lowest BCUT2D eigenvalue weighted by atomic mass is 10.0. The predicted molar refractivity (Wildman–Crippen MR) is 124 cm³/mol. The zero-order valence-electron chi connectivity index (χ0n) is 17.3. The Kier molecular flexibility index (Phi) is 5.59. The molecule has 8 nitrogen and oxygen atoms in total. The normalized spacial score (nSPS) is 22.8. The summed E-state index contributed by atoms with van der Waals surface area (Å²) < 4.78 is 7.96. The zero-order chi connectivity index (χ0) is 22.1. The van der Waals surface area contributed by atoms with Crippen LogP contribution in [0.3, 0.4) is 0 Å². The van der Waals surface area contributed by atoms with Gasteiger partial charge in [-0.1, -0.05) is 6.07 Å². The molecule has 9 heteroatoms. The standard InChI is InChI=1S/C23H23N5O3S/c29-28(30)17-10-8-16(9-11-17)26-13-3-7-20(26)22-21(19-6-1-2-12-24-19)25-23(32)27(22)15-18-5-4-14-31-18/h1-3,6-13,18,21-22H,4-5,14-15H2,(H,25,32)/t18-,21+,22-/m1/s1. The van der Waals surface area contributed by atoms with Crippen molar-refractivity contribution in [1.29, 1.82) is 0 Å². The molecule has 0 radical (unpaired) electrons. The molecule has 0 unspecified atom stereocenters. The van der Waals surface area contributed by atoms with Gasteiger partial charge in [0.15, 0.2) is 5.11 Å². The molecule has 164 valence electrons. The number of nitrogens with zero attached hydrogens (tertiary/aromatic N) is 4. The van der Waals surface area contributed by atoms with Gasteiger partial charge in [0.2, 0.25) is 0 Å². The van der Waals surface area contributed by atoms with Crippen molar-refractivity contribution in [2.75, 3.05) is 13.2 Å². The average molecular weight is 450 g/mol. The number of nitro benzene ring substituents is 1. The fraction of sp³-hybridized carbons (Fsp3) is 0.304. The lowest BCUT2D eigenvalue weighted by Crippen LogP contribution is -2.36. The highest BCUT2D eigenvalue weighted by atomic mass is 32.1. The van der Waals surface area contributed by atoms with Crippen molar-refractivity contribution in [3.8, 4) is 5.69 Å². The van der Waals surface area contributed by atoms with Crippen LogP contribution in [0.5, 0.6) is 0 Å². The fourth-order valence-corrected chi connectivity index (χ4v) is 4.85. The molecule has 2 aliphatic heterocycles. The van der Waals surface area contributed by atoms with Crippen LogP contribution in [0.1, 0.15) is 36.3 Å². The van der Waals surface area contributed by atoms with Gasteiger partial charge in [0, 0.05) is 49.1 Å². The molecule has 0 saturated carbocycles. The van der Waals surface area contributed by atoms with Crippen LogP contribution >= 0.6 is 12.2 Å². The molecule has 0 aliphatic carbocycles. The van der Waals surface area contributed by atoms with Crippen molar-refractivity contribution in [2.24, 2.45) is 0 Å². The number of rotatable bonds is 6. The molecule has 0 spiro atoms. The molecule has 3 atom stereocenters. The summed E-state index contributed by atoms with van der Waals surface area (Å²) in [5.74, 6) is 0. The highest BCUT2D eigenvalue weighted by Gasteiger charge is 2.42. The van der Waals surface area contributed by atoms with E-state index in [1.165, 1.54) is 12.1 Å². The van der Waals surface area contributed by atoms with Crippen molar-refractivity contribution in [3.63, 3.8) is 0 Å². The predicted octanol–water partition coefficient (Wildman–Crippen LogP) is 3.93. The van der Waals surface area contributed by atoms with Crippen LogP contribution in [-0.2, 0) is 4.74 Å². The third-order valence-electron chi connectivity index (χ3n) is 6.04. The molecule has 1 N–H and O–H groups in total. The van der Waals surface area contributed by atoms with Crippen molar-refractivity contribution in [3.05, 3.63) is 88.5 Å². The Morgan fingerprint density at radius 1 is 1.19 bits per heavy atom. The molecular formula is C23H23N5O3S. The van der Waals surface area contributed by atoms with E-state index in [4.69, 9.17) is 17.0 Å². The number of pyridine rings is 1. The zero-order valence-corrected chi connectivity index (χ0v) is 18.1. The first-order valence-corrected chi connectivity index (χ1v) is 11.0. The van der Waals surface area contributed by atoms with E-state index < -0.39 is 0 Å². The molecule has 0 amide bonds. The average Bonchev–Trinajstić information content (AvgIpc) is 3.56. The summed E-state index contributed by atoms with van der Waals surface area (Å²) in [6.07, 6.45) is 5.98. The van der Waals surface area contributed by atoms with Crippen LogP contribution in [-0.4, -0.2) is 43.7 Å². The van der Waals surface area contributed by atoms with E-state index in [0.29, 0.717) is 11.7 Å². The second-order valence-electron chi connectivity index (χ2n) is 7.99. The minimum Gasteiger partial charge on any atom is -0.376 e. The smallest absolute Gasteiger partial charge is 0.269 e. The van der Waals surface area contributed by atoms with Crippen LogP contribution in [0.15, 0.2) is 67.0 Å². The molecule has 5 rings (SSSR count). The molecule has 4 heterocycles. The first-order valence-electron chi connectivity index (χ1n) is 10.6. The highest BCUT2D eigenvalue weighted by molar-refractivity contribution is 7.80. The van der Waals surface area contributed by atoms with Crippen molar-refractivity contribution in [1.82, 2.24) is 19.8 Å². The van der Waals surface area contributed by atoms with Crippen LogP contribution in [0.4, 0.5) is 5.69 Å². The Balaban J connectivity index is 1.55. The summed E-state index contributed by atoms with van der Waals surface area (Å²) in [4.78, 5) is 17.5. The van der Waals surface area contributed by atoms with Gasteiger partial charge in [0.25, 0.3) is 5.69 Å². The van der Waals surface area contributed by atoms with Gasteiger partial charge in [-0.25, -0.2) is 0 Å². The first-order chi connectivity index (χ1) is 15.6. The van der Waals surface area contributed by atoms with E-state index >= 15 is 0 Å². The van der Waals surface area contributed by atoms with E-state index in [1.54, 1.807) is 18.3 Å². The minimum absolute atomic E-state index is 0.0672. The van der Waals surface area contributed by atoms with Gasteiger partial charge in [-0.3, -0.25) is 15.1 Å². The second-order valence-corrected chi connectivity index (χ2v) is 8.38. The van der Waals surface area contributed by atoms with E-state index in [2.05, 4.69) is 25.8 Å². The van der Waals surface area contributed by atoms with Crippen LogP contribution < -0.4 is 5.32 Å². The molecule has 32 heavy (non-hydrogen) atoms. The molecular weight excluding hydrogens is 426 g/mol. The number of aromatic nitrogens is 2. The minimum atomic E-state index is -0.389. The summed E-state index contributed by atoms with van der Waals surface area (Å²) in [6, 6.07) is 16.3. The topological polar surface area (TPSA) is 85.5 Å². The number of nitrogens with one attached hydrogen (secondary N) is 1. The quantitative estimate of drug-likeness (QED) is 0.347. The first kappa shape index (κ1) is 20.6. The summed E-state index contributed by atoms with van der Waals surface area (Å²) in [5, 5.41) is 15.2. The number of non-ortho nitro benzene ring substituents is 1. The molecule has 2 fully saturated rings. The number of ether oxygens (including phenoxy) is 1. The van der Waals surface area contributed by atoms with Crippen LogP contribution in [0, 0.1) is 10.1 Å². The van der Waals surface area contributed by atoms with E-state index in [1.807, 2.05) is 30.5 Å². The van der Waals surface area contributed by atoms with E-state index in [0.717, 1.165) is 36.5 Å². The Morgan fingerprint density at radius 3 is 2.72 bits per heavy atom. The molecule has 2 aliphatic rings. The largest absolute Gasteiger partial charge is 0.376 e. The summed E-state index contributed by atoms with van der Waals surface area (Å²) in [5.41, 5.74) is 2.86. The SMILES string of the molecule is O=[N+]([O-])c1ccc(-n2cccc2[C@@H]2[C@H](c3ccccn3)NC(=S)N2C[C@H]2CCCO2)cc1. The maximum absolute atomic E-state index is 11.1. The van der Waals surface area contributed by atoms with Crippen molar-refractivity contribution >= 4 is 23.0 Å². The second kappa shape index (κ2) is 8.68. The van der Waals surface area contributed by atoms with Gasteiger partial charge in [-0.15, -0.1) is 0 Å². The summed E-state index contributed by atoms with van der Waals surface area (Å²) >= 11 is 5.76. The third-order valence-corrected chi connectivity index (χ3v) is 6.40. The highest BCUT2D eigenvalue weighted by Crippen LogP contribution is 2.40. The van der Waals surface area contributed by atoms with Crippen molar-refractivity contribution < 1.29 is 9.66 Å². The number of nitro groups is 1. The number of benzene rings is 1. The summed E-state index contributed by atoms with van der Waals surface area (Å²) in [7, 11) is 0. The maximum atomic E-state index is 11.1. The Morgan fingerprint density at radius 2 is 2.03 bits per heavy atom. The molecule has 1 aromatic carbocycles. The van der Waals surface area contributed by atoms with E-state index in [9.17, 15) is 10.1 Å². The third kappa shape index (κ3) is 3.85. The van der Waals surface area contributed by atoms with Gasteiger partial charge in [-0.05, 0) is 61.5 Å². The van der Waals surface area contributed by atoms with Gasteiger partial charge in [0.05, 0.1) is 28.8 Å². The monoisotopic (exact) mass is 449 g/mol. The Bertz CT molecular complexity index is 1110. The van der Waals surface area contributed by atoms with Crippen molar-refractivity contribution in [2.45, 2.75) is 31.0 Å². The molecule has 2 aromatic heterocycles. The maximum Gasteiger partial charge on any atom is 0.269 e. The van der Waals surface area contributed by atoms with Crippen LogP contribution in [0.25, 0.3) is 5.69 Å². The molecule has 0 bridgehead atoms. The fourth-order valence-electron chi connectivity index (χ4n) is 4.54. The number of hydrogen-bond acceptors (Lipinski definition) is 5. The number of hydrogen-bond donors (Lipinski definition) is 1. The lowest BCUT2D eigenvalue weighted by molar-refractivity contribution is -0.384. The Hall–Kier alpha value is -3.30. The summed E-state index contributed by atoms with van der Waals surface area (Å²) in [6.45, 7) is 1.48. The van der Waals surface area contributed by atoms with Gasteiger partial charge < -0.3 is 19.5 Å². The van der Waals surface area contributed by atoms with Gasteiger partial charge in [0.1, 0.15) is 0 Å². The van der Waals surface area contributed by atoms with Gasteiger partial charge >= 0.3 is 0 Å². The van der Waals surface area contributed by atoms with Gasteiger partial charge in [-0.2, -0.15) is 0 Å². The number of thiocarbonyl (C=S) groups is 1. The molecule has 2 saturated heterocycles. The molecule has 3 aromatic rings. The Labute approximate surface area is 191 Å². The van der Waals surface area contributed by atoms with Crippen LogP contribution in [0.2, 0.25) is 0 Å². The van der Waals surface area contributed by atoms with E-state index in [-0.39, 0.29) is 28.8 Å².